The van der Waals surface area contributed by atoms with Crippen molar-refractivity contribution in [2.45, 2.75) is 26.7 Å². The molecule has 0 atom stereocenters. The molecule has 20 heavy (non-hydrogen) atoms. The van der Waals surface area contributed by atoms with E-state index >= 15 is 0 Å². The summed E-state index contributed by atoms with van der Waals surface area (Å²) >= 11 is 0. The zero-order valence-corrected chi connectivity index (χ0v) is 12.1. The van der Waals surface area contributed by atoms with Gasteiger partial charge in [-0.2, -0.15) is 5.26 Å². The van der Waals surface area contributed by atoms with Crippen LogP contribution < -0.4 is 5.56 Å². The molecule has 0 radical (unpaired) electrons. The van der Waals surface area contributed by atoms with Gasteiger partial charge in [0.1, 0.15) is 11.6 Å². The number of aryl methyl sites for hydroxylation is 2. The lowest BCUT2D eigenvalue weighted by molar-refractivity contribution is 0.846. The third-order valence-corrected chi connectivity index (χ3v) is 3.31. The molecule has 0 spiro atoms. The minimum Gasteiger partial charge on any atom is -0.317 e. The second kappa shape index (κ2) is 5.30. The molecule has 2 rings (SSSR count). The Bertz CT molecular complexity index is 751. The minimum atomic E-state index is -0.270. The molecule has 0 saturated carbocycles. The summed E-state index contributed by atoms with van der Waals surface area (Å²) in [6.07, 6.45) is 3.64. The van der Waals surface area contributed by atoms with Crippen LogP contribution in [0.1, 0.15) is 36.6 Å². The van der Waals surface area contributed by atoms with Gasteiger partial charge in [-0.15, -0.1) is 0 Å². The summed E-state index contributed by atoms with van der Waals surface area (Å²) in [5, 5.41) is 9.07. The zero-order chi connectivity index (χ0) is 14.9. The third-order valence-electron chi connectivity index (χ3n) is 3.31. The molecule has 0 aliphatic carbocycles. The molecule has 4 nitrogen and oxygen atoms in total. The van der Waals surface area contributed by atoms with Gasteiger partial charge in [-0.05, 0) is 41.7 Å². The molecule has 0 bridgehead atoms. The van der Waals surface area contributed by atoms with E-state index in [0.29, 0.717) is 5.92 Å². The van der Waals surface area contributed by atoms with Gasteiger partial charge in [0.15, 0.2) is 0 Å². The standard InChI is InChI=1S/C16H17N3O/c1-10(2)15-8-18-11(3)5-14(15)13-6-12(7-17)16(20)19(4)9-13/h5-6,8-10H,1-4H3. The zero-order valence-electron chi connectivity index (χ0n) is 12.1. The van der Waals surface area contributed by atoms with E-state index in [0.717, 1.165) is 22.4 Å². The number of nitriles is 1. The molecule has 0 aliphatic heterocycles. The Balaban J connectivity index is 2.75. The van der Waals surface area contributed by atoms with Crippen molar-refractivity contribution >= 4 is 0 Å². The van der Waals surface area contributed by atoms with E-state index in [4.69, 9.17) is 5.26 Å². The highest BCUT2D eigenvalue weighted by molar-refractivity contribution is 5.68. The lowest BCUT2D eigenvalue weighted by Crippen LogP contribution is -2.19. The fourth-order valence-electron chi connectivity index (χ4n) is 2.22. The van der Waals surface area contributed by atoms with Crippen LogP contribution in [0.4, 0.5) is 0 Å². The maximum atomic E-state index is 11.8. The number of rotatable bonds is 2. The molecule has 0 saturated heterocycles. The first-order valence-corrected chi connectivity index (χ1v) is 6.51. The smallest absolute Gasteiger partial charge is 0.268 e. The predicted octanol–water partition coefficient (Wildman–Crippen LogP) is 2.75. The Morgan fingerprint density at radius 1 is 1.35 bits per heavy atom. The molecule has 0 amide bonds. The van der Waals surface area contributed by atoms with Crippen molar-refractivity contribution in [2.24, 2.45) is 7.05 Å². The Hall–Kier alpha value is -2.41. The second-order valence-corrected chi connectivity index (χ2v) is 5.24. The number of hydrogen-bond acceptors (Lipinski definition) is 3. The van der Waals surface area contributed by atoms with Gasteiger partial charge in [-0.3, -0.25) is 9.78 Å². The predicted molar refractivity (Wildman–Crippen MR) is 78.5 cm³/mol. The second-order valence-electron chi connectivity index (χ2n) is 5.24. The fourth-order valence-corrected chi connectivity index (χ4v) is 2.22. The van der Waals surface area contributed by atoms with Gasteiger partial charge in [0.05, 0.1) is 0 Å². The third kappa shape index (κ3) is 2.48. The van der Waals surface area contributed by atoms with Crippen LogP contribution in [0.25, 0.3) is 11.1 Å². The van der Waals surface area contributed by atoms with Gasteiger partial charge in [0.25, 0.3) is 5.56 Å². The van der Waals surface area contributed by atoms with Gasteiger partial charge in [0.2, 0.25) is 0 Å². The van der Waals surface area contributed by atoms with Gasteiger partial charge in [0, 0.05) is 25.1 Å². The summed E-state index contributed by atoms with van der Waals surface area (Å²) < 4.78 is 1.45. The van der Waals surface area contributed by atoms with Crippen molar-refractivity contribution in [2.75, 3.05) is 0 Å². The number of aromatic nitrogens is 2. The quantitative estimate of drug-likeness (QED) is 0.840. The lowest BCUT2D eigenvalue weighted by Gasteiger charge is -2.14. The minimum absolute atomic E-state index is 0.161. The Kier molecular flexibility index (Phi) is 3.71. The molecule has 2 heterocycles. The number of pyridine rings is 2. The van der Waals surface area contributed by atoms with Crippen molar-refractivity contribution < 1.29 is 0 Å². The van der Waals surface area contributed by atoms with E-state index in [2.05, 4.69) is 18.8 Å². The van der Waals surface area contributed by atoms with Crippen molar-refractivity contribution in [3.8, 4) is 17.2 Å². The van der Waals surface area contributed by atoms with Crippen LogP contribution in [0, 0.1) is 18.3 Å². The summed E-state index contributed by atoms with van der Waals surface area (Å²) in [5.41, 5.74) is 3.81. The van der Waals surface area contributed by atoms with Gasteiger partial charge < -0.3 is 4.57 Å². The number of hydrogen-bond donors (Lipinski definition) is 0. The fraction of sp³-hybridized carbons (Fsp3) is 0.312. The summed E-state index contributed by atoms with van der Waals surface area (Å²) in [5.74, 6) is 0.320. The van der Waals surface area contributed by atoms with E-state index in [9.17, 15) is 4.79 Å². The largest absolute Gasteiger partial charge is 0.317 e. The van der Waals surface area contributed by atoms with Crippen LogP contribution in [-0.4, -0.2) is 9.55 Å². The Morgan fingerprint density at radius 2 is 2.05 bits per heavy atom. The van der Waals surface area contributed by atoms with E-state index in [1.807, 2.05) is 25.3 Å². The molecule has 2 aromatic heterocycles. The molecular weight excluding hydrogens is 250 g/mol. The summed E-state index contributed by atoms with van der Waals surface area (Å²) in [7, 11) is 1.66. The average molecular weight is 267 g/mol. The van der Waals surface area contributed by atoms with Crippen LogP contribution in [0.3, 0.4) is 0 Å². The molecule has 0 unspecified atom stereocenters. The Labute approximate surface area is 118 Å². The summed E-state index contributed by atoms with van der Waals surface area (Å²) in [6.45, 7) is 6.13. The van der Waals surface area contributed by atoms with Crippen LogP contribution in [0.5, 0.6) is 0 Å². The van der Waals surface area contributed by atoms with Crippen molar-refractivity contribution in [3.63, 3.8) is 0 Å². The SMILES string of the molecule is Cc1cc(-c2cc(C#N)c(=O)n(C)c2)c(C(C)C)cn1. The van der Waals surface area contributed by atoms with Crippen LogP contribution in [-0.2, 0) is 7.05 Å². The van der Waals surface area contributed by atoms with E-state index in [1.54, 1.807) is 19.3 Å². The monoisotopic (exact) mass is 267 g/mol. The molecule has 2 aromatic rings. The molecule has 0 aromatic carbocycles. The average Bonchev–Trinajstić information content (AvgIpc) is 2.41. The van der Waals surface area contributed by atoms with Crippen molar-refractivity contribution in [1.82, 2.24) is 9.55 Å². The molecule has 102 valence electrons. The molecule has 0 aliphatic rings. The summed E-state index contributed by atoms with van der Waals surface area (Å²) in [4.78, 5) is 16.1. The molecule has 0 N–H and O–H groups in total. The normalized spacial score (nSPS) is 10.6. The number of nitrogens with zero attached hydrogens (tertiary/aromatic N) is 3. The Morgan fingerprint density at radius 3 is 2.65 bits per heavy atom. The van der Waals surface area contributed by atoms with E-state index in [1.165, 1.54) is 4.57 Å². The molecule has 0 fully saturated rings. The van der Waals surface area contributed by atoms with Crippen LogP contribution >= 0.6 is 0 Å². The highest BCUT2D eigenvalue weighted by atomic mass is 16.1. The van der Waals surface area contributed by atoms with Gasteiger partial charge in [-0.1, -0.05) is 13.8 Å². The lowest BCUT2D eigenvalue weighted by atomic mass is 9.94. The highest BCUT2D eigenvalue weighted by Gasteiger charge is 2.12. The highest BCUT2D eigenvalue weighted by Crippen LogP contribution is 2.29. The van der Waals surface area contributed by atoms with E-state index < -0.39 is 0 Å². The first-order valence-electron chi connectivity index (χ1n) is 6.51. The van der Waals surface area contributed by atoms with Crippen molar-refractivity contribution in [1.29, 1.82) is 5.26 Å². The molecule has 4 heteroatoms. The maximum Gasteiger partial charge on any atom is 0.268 e. The van der Waals surface area contributed by atoms with Gasteiger partial charge >= 0.3 is 0 Å². The van der Waals surface area contributed by atoms with Crippen LogP contribution in [0.2, 0.25) is 0 Å². The van der Waals surface area contributed by atoms with Gasteiger partial charge in [-0.25, -0.2) is 0 Å². The topological polar surface area (TPSA) is 58.7 Å². The maximum absolute atomic E-state index is 11.8. The van der Waals surface area contributed by atoms with E-state index in [-0.39, 0.29) is 11.1 Å². The first-order chi connectivity index (χ1) is 9.43. The van der Waals surface area contributed by atoms with Crippen molar-refractivity contribution in [3.05, 3.63) is 51.7 Å². The summed E-state index contributed by atoms with van der Waals surface area (Å²) in [6, 6.07) is 5.61. The van der Waals surface area contributed by atoms with Crippen LogP contribution in [0.15, 0.2) is 29.3 Å². The first kappa shape index (κ1) is 14.0. The molecular formula is C16H17N3O.